The van der Waals surface area contributed by atoms with Crippen molar-refractivity contribution in [2.45, 2.75) is 0 Å². The largest absolute Gasteiger partial charge is 0.495 e. The van der Waals surface area contributed by atoms with Crippen molar-refractivity contribution in [1.29, 1.82) is 0 Å². The molecule has 0 radical (unpaired) electrons. The predicted octanol–water partition coefficient (Wildman–Crippen LogP) is 3.55. The molecule has 0 amide bonds. The number of fused-ring (bicyclic) bond motifs is 1. The first-order valence-corrected chi connectivity index (χ1v) is 6.03. The van der Waals surface area contributed by atoms with Gasteiger partial charge in [-0.05, 0) is 30.3 Å². The van der Waals surface area contributed by atoms with E-state index in [0.29, 0.717) is 5.89 Å². The molecule has 4 nitrogen and oxygen atoms in total. The smallest absolute Gasteiger partial charge is 0.227 e. The van der Waals surface area contributed by atoms with Gasteiger partial charge < -0.3 is 14.5 Å². The maximum Gasteiger partial charge on any atom is 0.227 e. The molecule has 0 saturated carbocycles. The number of rotatable bonds is 3. The molecule has 96 valence electrons. The zero-order chi connectivity index (χ0) is 13.2. The maximum atomic E-state index is 5.75. The Bertz CT molecular complexity index is 686. The molecular formula is C15H14N2O2. The second kappa shape index (κ2) is 4.65. The Morgan fingerprint density at radius 3 is 2.74 bits per heavy atom. The lowest BCUT2D eigenvalue weighted by Gasteiger charge is -2.08. The van der Waals surface area contributed by atoms with Gasteiger partial charge in [-0.2, -0.15) is 0 Å². The van der Waals surface area contributed by atoms with Crippen LogP contribution in [0.2, 0.25) is 0 Å². The van der Waals surface area contributed by atoms with Crippen LogP contribution in [-0.4, -0.2) is 19.1 Å². The fourth-order valence-corrected chi connectivity index (χ4v) is 2.03. The molecule has 0 atom stereocenters. The van der Waals surface area contributed by atoms with Crippen LogP contribution in [0, 0.1) is 0 Å². The van der Waals surface area contributed by atoms with Crippen molar-refractivity contribution in [3.8, 4) is 17.2 Å². The monoisotopic (exact) mass is 254 g/mol. The summed E-state index contributed by atoms with van der Waals surface area (Å²) in [5.41, 5.74) is 3.47. The highest BCUT2D eigenvalue weighted by molar-refractivity contribution is 5.77. The molecule has 1 aromatic heterocycles. The summed E-state index contributed by atoms with van der Waals surface area (Å²) in [4.78, 5) is 4.48. The van der Waals surface area contributed by atoms with Crippen LogP contribution in [0.15, 0.2) is 46.9 Å². The van der Waals surface area contributed by atoms with E-state index in [-0.39, 0.29) is 0 Å². The Balaban J connectivity index is 2.10. The fraction of sp³-hybridized carbons (Fsp3) is 0.133. The zero-order valence-electron chi connectivity index (χ0n) is 10.8. The van der Waals surface area contributed by atoms with Gasteiger partial charge in [0.15, 0.2) is 5.58 Å². The molecule has 0 aliphatic heterocycles. The van der Waals surface area contributed by atoms with Crippen molar-refractivity contribution in [2.24, 2.45) is 0 Å². The highest BCUT2D eigenvalue weighted by Crippen LogP contribution is 2.31. The number of anilines is 1. The maximum absolute atomic E-state index is 5.75. The quantitative estimate of drug-likeness (QED) is 0.776. The summed E-state index contributed by atoms with van der Waals surface area (Å²) in [5.74, 6) is 1.41. The number of methoxy groups -OCH3 is 1. The second-order valence-electron chi connectivity index (χ2n) is 4.15. The number of hydrogen-bond donors (Lipinski definition) is 1. The third kappa shape index (κ3) is 2.01. The lowest BCUT2D eigenvalue weighted by atomic mass is 10.2. The molecule has 1 N–H and O–H groups in total. The van der Waals surface area contributed by atoms with E-state index in [1.165, 1.54) is 0 Å². The van der Waals surface area contributed by atoms with Crippen LogP contribution in [0.1, 0.15) is 0 Å². The number of nitrogens with one attached hydrogen (secondary N) is 1. The van der Waals surface area contributed by atoms with Crippen molar-refractivity contribution >= 4 is 16.8 Å². The lowest BCUT2D eigenvalue weighted by Crippen LogP contribution is -1.94. The first kappa shape index (κ1) is 11.6. The molecule has 1 heterocycles. The van der Waals surface area contributed by atoms with Crippen molar-refractivity contribution in [3.63, 3.8) is 0 Å². The molecule has 2 aromatic carbocycles. The highest BCUT2D eigenvalue weighted by atomic mass is 16.5. The molecule has 3 rings (SSSR count). The van der Waals surface area contributed by atoms with Gasteiger partial charge in [0.25, 0.3) is 0 Å². The third-order valence-electron chi connectivity index (χ3n) is 3.01. The van der Waals surface area contributed by atoms with Crippen LogP contribution < -0.4 is 10.1 Å². The van der Waals surface area contributed by atoms with Crippen molar-refractivity contribution < 1.29 is 9.15 Å². The number of oxazole rings is 1. The zero-order valence-corrected chi connectivity index (χ0v) is 10.8. The van der Waals surface area contributed by atoms with E-state index < -0.39 is 0 Å². The Morgan fingerprint density at radius 2 is 2.00 bits per heavy atom. The van der Waals surface area contributed by atoms with Crippen LogP contribution in [0.5, 0.6) is 5.75 Å². The summed E-state index contributed by atoms with van der Waals surface area (Å²) in [6.45, 7) is 0. The van der Waals surface area contributed by atoms with Crippen LogP contribution in [0.25, 0.3) is 22.6 Å². The third-order valence-corrected chi connectivity index (χ3v) is 3.01. The molecule has 0 spiro atoms. The van der Waals surface area contributed by atoms with Gasteiger partial charge in [0, 0.05) is 12.6 Å². The predicted molar refractivity (Wildman–Crippen MR) is 75.5 cm³/mol. The fourth-order valence-electron chi connectivity index (χ4n) is 2.03. The van der Waals surface area contributed by atoms with E-state index in [9.17, 15) is 0 Å². The first-order chi connectivity index (χ1) is 9.31. The van der Waals surface area contributed by atoms with Crippen LogP contribution in [0.3, 0.4) is 0 Å². The molecule has 0 unspecified atom stereocenters. The molecule has 19 heavy (non-hydrogen) atoms. The van der Waals surface area contributed by atoms with Gasteiger partial charge in [0.05, 0.1) is 12.8 Å². The second-order valence-corrected chi connectivity index (χ2v) is 4.15. The van der Waals surface area contributed by atoms with Gasteiger partial charge in [0.2, 0.25) is 5.89 Å². The minimum absolute atomic E-state index is 0.611. The Hall–Kier alpha value is -2.49. The average Bonchev–Trinajstić information content (AvgIpc) is 2.90. The SMILES string of the molecule is CNc1cc(-c2nc3ccccc3o2)ccc1OC. The number of benzene rings is 2. The van der Waals surface area contributed by atoms with E-state index in [1.807, 2.05) is 49.5 Å². The average molecular weight is 254 g/mol. The summed E-state index contributed by atoms with van der Waals surface area (Å²) < 4.78 is 11.0. The molecule has 0 saturated heterocycles. The Kier molecular flexibility index (Phi) is 2.83. The molecule has 0 aliphatic carbocycles. The molecule has 0 aliphatic rings. The minimum Gasteiger partial charge on any atom is -0.495 e. The summed E-state index contributed by atoms with van der Waals surface area (Å²) in [6.07, 6.45) is 0. The Labute approximate surface area is 111 Å². The van der Waals surface area contributed by atoms with Gasteiger partial charge >= 0.3 is 0 Å². The van der Waals surface area contributed by atoms with Crippen LogP contribution >= 0.6 is 0 Å². The normalized spacial score (nSPS) is 10.6. The van der Waals surface area contributed by atoms with Crippen molar-refractivity contribution in [3.05, 3.63) is 42.5 Å². The van der Waals surface area contributed by atoms with E-state index >= 15 is 0 Å². The number of ether oxygens (including phenoxy) is 1. The highest BCUT2D eigenvalue weighted by Gasteiger charge is 2.10. The van der Waals surface area contributed by atoms with Crippen molar-refractivity contribution in [1.82, 2.24) is 4.98 Å². The standard InChI is InChI=1S/C15H14N2O2/c1-16-12-9-10(7-8-13(12)18-2)15-17-11-5-3-4-6-14(11)19-15/h3-9,16H,1-2H3. The van der Waals surface area contributed by atoms with Gasteiger partial charge in [-0.15, -0.1) is 0 Å². The summed E-state index contributed by atoms with van der Waals surface area (Å²) in [5, 5.41) is 3.10. The van der Waals surface area contributed by atoms with Crippen LogP contribution in [-0.2, 0) is 0 Å². The lowest BCUT2D eigenvalue weighted by molar-refractivity contribution is 0.416. The number of para-hydroxylation sites is 2. The van der Waals surface area contributed by atoms with Gasteiger partial charge in [0.1, 0.15) is 11.3 Å². The molecule has 0 bridgehead atoms. The number of nitrogens with zero attached hydrogens (tertiary/aromatic N) is 1. The van der Waals surface area contributed by atoms with E-state index in [0.717, 1.165) is 28.1 Å². The molecule has 0 fully saturated rings. The molecular weight excluding hydrogens is 240 g/mol. The first-order valence-electron chi connectivity index (χ1n) is 6.03. The summed E-state index contributed by atoms with van der Waals surface area (Å²) >= 11 is 0. The number of aromatic nitrogens is 1. The molecule has 4 heteroatoms. The van der Waals surface area contributed by atoms with Gasteiger partial charge in [-0.1, -0.05) is 12.1 Å². The van der Waals surface area contributed by atoms with E-state index in [1.54, 1.807) is 7.11 Å². The van der Waals surface area contributed by atoms with Crippen molar-refractivity contribution in [2.75, 3.05) is 19.5 Å². The molecule has 3 aromatic rings. The topological polar surface area (TPSA) is 47.3 Å². The van der Waals surface area contributed by atoms with Gasteiger partial charge in [-0.3, -0.25) is 0 Å². The Morgan fingerprint density at radius 1 is 1.16 bits per heavy atom. The number of hydrogen-bond acceptors (Lipinski definition) is 4. The van der Waals surface area contributed by atoms with E-state index in [4.69, 9.17) is 9.15 Å². The minimum atomic E-state index is 0.611. The van der Waals surface area contributed by atoms with Crippen LogP contribution in [0.4, 0.5) is 5.69 Å². The van der Waals surface area contributed by atoms with E-state index in [2.05, 4.69) is 10.3 Å². The summed E-state index contributed by atoms with van der Waals surface area (Å²) in [6, 6.07) is 13.5. The van der Waals surface area contributed by atoms with Gasteiger partial charge in [-0.25, -0.2) is 4.98 Å². The summed E-state index contributed by atoms with van der Waals surface area (Å²) in [7, 11) is 3.50.